The van der Waals surface area contributed by atoms with E-state index in [0.29, 0.717) is 17.3 Å². The van der Waals surface area contributed by atoms with Crippen molar-refractivity contribution < 1.29 is 4.39 Å². The summed E-state index contributed by atoms with van der Waals surface area (Å²) in [4.78, 5) is 13.6. The largest absolute Gasteiger partial charge is 0.354 e. The zero-order valence-electron chi connectivity index (χ0n) is 13.6. The highest BCUT2D eigenvalue weighted by Crippen LogP contribution is 2.22. The highest BCUT2D eigenvalue weighted by molar-refractivity contribution is 5.60. The van der Waals surface area contributed by atoms with Crippen molar-refractivity contribution in [3.8, 4) is 0 Å². The fourth-order valence-electron chi connectivity index (χ4n) is 2.77. The number of benzene rings is 1. The van der Waals surface area contributed by atoms with Gasteiger partial charge in [0.2, 0.25) is 0 Å². The lowest BCUT2D eigenvalue weighted by Crippen LogP contribution is -2.46. The first-order valence-corrected chi connectivity index (χ1v) is 8.00. The number of piperazine rings is 1. The molecule has 1 aromatic heterocycles. The summed E-state index contributed by atoms with van der Waals surface area (Å²) in [6, 6.07) is 8.49. The SMILES string of the molecule is CCN1CCN(c2cc(Nc3ccccc3F)nc(C)n2)CC1. The molecule has 1 aromatic carbocycles. The van der Waals surface area contributed by atoms with Crippen LogP contribution in [0.25, 0.3) is 0 Å². The van der Waals surface area contributed by atoms with Crippen molar-refractivity contribution in [2.24, 2.45) is 0 Å². The van der Waals surface area contributed by atoms with Gasteiger partial charge in [0.1, 0.15) is 23.3 Å². The van der Waals surface area contributed by atoms with E-state index < -0.39 is 0 Å². The first-order valence-electron chi connectivity index (χ1n) is 8.00. The second-order valence-electron chi connectivity index (χ2n) is 5.68. The van der Waals surface area contributed by atoms with Crippen LogP contribution >= 0.6 is 0 Å². The molecule has 122 valence electrons. The predicted octanol–water partition coefficient (Wildman–Crippen LogP) is 2.81. The summed E-state index contributed by atoms with van der Waals surface area (Å²) < 4.78 is 13.8. The normalized spacial score (nSPS) is 15.7. The van der Waals surface area contributed by atoms with E-state index in [4.69, 9.17) is 0 Å². The van der Waals surface area contributed by atoms with Crippen LogP contribution in [0, 0.1) is 12.7 Å². The topological polar surface area (TPSA) is 44.3 Å². The molecule has 3 rings (SSSR count). The summed E-state index contributed by atoms with van der Waals surface area (Å²) in [5, 5.41) is 3.05. The van der Waals surface area contributed by atoms with Crippen LogP contribution in [0.15, 0.2) is 30.3 Å². The molecule has 0 atom stereocenters. The number of nitrogens with zero attached hydrogens (tertiary/aromatic N) is 4. The molecular weight excluding hydrogens is 293 g/mol. The van der Waals surface area contributed by atoms with Crippen molar-refractivity contribution in [2.75, 3.05) is 42.9 Å². The van der Waals surface area contributed by atoms with E-state index in [1.165, 1.54) is 6.07 Å². The number of anilines is 3. The van der Waals surface area contributed by atoms with E-state index in [1.54, 1.807) is 18.2 Å². The first kappa shape index (κ1) is 15.7. The van der Waals surface area contributed by atoms with Crippen LogP contribution in [0.5, 0.6) is 0 Å². The molecule has 0 bridgehead atoms. The second kappa shape index (κ2) is 6.91. The number of rotatable bonds is 4. The maximum Gasteiger partial charge on any atom is 0.146 e. The number of nitrogens with one attached hydrogen (secondary N) is 1. The minimum absolute atomic E-state index is 0.290. The Morgan fingerprint density at radius 3 is 2.57 bits per heavy atom. The molecule has 0 unspecified atom stereocenters. The summed E-state index contributed by atoms with van der Waals surface area (Å²) in [5.74, 6) is 1.91. The van der Waals surface area contributed by atoms with Gasteiger partial charge in [0.25, 0.3) is 0 Å². The van der Waals surface area contributed by atoms with Gasteiger partial charge in [-0.25, -0.2) is 14.4 Å². The van der Waals surface area contributed by atoms with Crippen molar-refractivity contribution in [1.29, 1.82) is 0 Å². The molecule has 6 heteroatoms. The van der Waals surface area contributed by atoms with E-state index in [-0.39, 0.29) is 5.82 Å². The molecule has 0 spiro atoms. The van der Waals surface area contributed by atoms with Gasteiger partial charge in [-0.3, -0.25) is 0 Å². The van der Waals surface area contributed by atoms with Crippen LogP contribution in [0.2, 0.25) is 0 Å². The predicted molar refractivity (Wildman–Crippen MR) is 90.8 cm³/mol. The number of likely N-dealkylation sites (N-methyl/N-ethyl adjacent to an activating group) is 1. The number of hydrogen-bond acceptors (Lipinski definition) is 5. The van der Waals surface area contributed by atoms with Gasteiger partial charge in [0.05, 0.1) is 5.69 Å². The van der Waals surface area contributed by atoms with Crippen molar-refractivity contribution in [3.05, 3.63) is 42.0 Å². The summed E-state index contributed by atoms with van der Waals surface area (Å²) in [6.45, 7) is 9.09. The molecule has 2 heterocycles. The third-order valence-corrected chi connectivity index (χ3v) is 4.10. The molecular formula is C17H22FN5. The number of halogens is 1. The van der Waals surface area contributed by atoms with Crippen molar-refractivity contribution in [2.45, 2.75) is 13.8 Å². The molecule has 0 saturated carbocycles. The Morgan fingerprint density at radius 1 is 1.13 bits per heavy atom. The second-order valence-corrected chi connectivity index (χ2v) is 5.68. The smallest absolute Gasteiger partial charge is 0.146 e. The molecule has 23 heavy (non-hydrogen) atoms. The van der Waals surface area contributed by atoms with E-state index in [1.807, 2.05) is 13.0 Å². The Bertz CT molecular complexity index is 668. The van der Waals surface area contributed by atoms with Crippen LogP contribution < -0.4 is 10.2 Å². The minimum Gasteiger partial charge on any atom is -0.354 e. The lowest BCUT2D eigenvalue weighted by Gasteiger charge is -2.34. The van der Waals surface area contributed by atoms with Crippen LogP contribution in [0.4, 0.5) is 21.7 Å². The van der Waals surface area contributed by atoms with Crippen molar-refractivity contribution in [3.63, 3.8) is 0 Å². The van der Waals surface area contributed by atoms with Crippen molar-refractivity contribution in [1.82, 2.24) is 14.9 Å². The number of aromatic nitrogens is 2. The number of hydrogen-bond donors (Lipinski definition) is 1. The standard InChI is InChI=1S/C17H22FN5/c1-3-22-8-10-23(11-9-22)17-12-16(19-13(2)20-17)21-15-7-5-4-6-14(15)18/h4-7,12H,3,8-11H2,1-2H3,(H,19,20,21). The highest BCUT2D eigenvalue weighted by atomic mass is 19.1. The van der Waals surface area contributed by atoms with Crippen LogP contribution in [0.3, 0.4) is 0 Å². The lowest BCUT2D eigenvalue weighted by molar-refractivity contribution is 0.270. The Morgan fingerprint density at radius 2 is 1.87 bits per heavy atom. The van der Waals surface area contributed by atoms with Gasteiger partial charge in [0, 0.05) is 32.2 Å². The zero-order valence-corrected chi connectivity index (χ0v) is 13.6. The van der Waals surface area contributed by atoms with Crippen LogP contribution in [-0.4, -0.2) is 47.6 Å². The van der Waals surface area contributed by atoms with Gasteiger partial charge in [-0.15, -0.1) is 0 Å². The maximum absolute atomic E-state index is 13.8. The van der Waals surface area contributed by atoms with Crippen LogP contribution in [-0.2, 0) is 0 Å². The number of aryl methyl sites for hydroxylation is 1. The van der Waals surface area contributed by atoms with E-state index in [0.717, 1.165) is 38.5 Å². The Hall–Kier alpha value is -2.21. The summed E-state index contributed by atoms with van der Waals surface area (Å²) >= 11 is 0. The van der Waals surface area contributed by atoms with E-state index >= 15 is 0 Å². The molecule has 2 aromatic rings. The zero-order chi connectivity index (χ0) is 16.2. The third-order valence-electron chi connectivity index (χ3n) is 4.10. The van der Waals surface area contributed by atoms with E-state index in [2.05, 4.69) is 32.0 Å². The Labute approximate surface area is 136 Å². The molecule has 0 amide bonds. The van der Waals surface area contributed by atoms with Gasteiger partial charge in [-0.05, 0) is 25.6 Å². The minimum atomic E-state index is -0.290. The average Bonchev–Trinajstić information content (AvgIpc) is 2.56. The van der Waals surface area contributed by atoms with Gasteiger partial charge in [0.15, 0.2) is 0 Å². The van der Waals surface area contributed by atoms with Gasteiger partial charge in [-0.2, -0.15) is 0 Å². The fraction of sp³-hybridized carbons (Fsp3) is 0.412. The lowest BCUT2D eigenvalue weighted by atomic mass is 10.3. The summed E-state index contributed by atoms with van der Waals surface area (Å²) in [5.41, 5.74) is 0.423. The molecule has 1 aliphatic rings. The highest BCUT2D eigenvalue weighted by Gasteiger charge is 2.18. The average molecular weight is 315 g/mol. The molecule has 0 aliphatic carbocycles. The van der Waals surface area contributed by atoms with Crippen LogP contribution in [0.1, 0.15) is 12.7 Å². The molecule has 1 N–H and O–H groups in total. The van der Waals surface area contributed by atoms with Gasteiger partial charge < -0.3 is 15.1 Å². The monoisotopic (exact) mass is 315 g/mol. The Balaban J connectivity index is 1.78. The summed E-state index contributed by atoms with van der Waals surface area (Å²) in [6.07, 6.45) is 0. The van der Waals surface area contributed by atoms with Gasteiger partial charge in [-0.1, -0.05) is 19.1 Å². The quantitative estimate of drug-likeness (QED) is 0.940. The molecule has 0 radical (unpaired) electrons. The van der Waals surface area contributed by atoms with Crippen molar-refractivity contribution >= 4 is 17.3 Å². The Kier molecular flexibility index (Phi) is 4.71. The van der Waals surface area contributed by atoms with E-state index in [9.17, 15) is 4.39 Å². The molecule has 5 nitrogen and oxygen atoms in total. The molecule has 1 fully saturated rings. The molecule has 1 saturated heterocycles. The first-order chi connectivity index (χ1) is 11.2. The fourth-order valence-corrected chi connectivity index (χ4v) is 2.77. The molecule has 1 aliphatic heterocycles. The van der Waals surface area contributed by atoms with Gasteiger partial charge >= 0.3 is 0 Å². The third kappa shape index (κ3) is 3.76. The number of para-hydroxylation sites is 1. The summed E-state index contributed by atoms with van der Waals surface area (Å²) in [7, 11) is 0. The maximum atomic E-state index is 13.8.